The van der Waals surface area contributed by atoms with Crippen LogP contribution in [0.3, 0.4) is 0 Å². The maximum Gasteiger partial charge on any atom is 0.265 e. The van der Waals surface area contributed by atoms with Crippen molar-refractivity contribution in [3.8, 4) is 0 Å². The molecule has 3 rings (SSSR count). The minimum absolute atomic E-state index is 0.139. The van der Waals surface area contributed by atoms with Crippen LogP contribution in [0, 0.1) is 12.8 Å². The zero-order chi connectivity index (χ0) is 16.9. The van der Waals surface area contributed by atoms with Crippen molar-refractivity contribution in [2.75, 3.05) is 25.0 Å². The lowest BCUT2D eigenvalue weighted by atomic mass is 9.93. The van der Waals surface area contributed by atoms with Crippen LogP contribution in [0.4, 0.5) is 5.13 Å². The van der Waals surface area contributed by atoms with E-state index in [0.29, 0.717) is 5.92 Å². The lowest BCUT2D eigenvalue weighted by molar-refractivity contribution is 0.0688. The van der Waals surface area contributed by atoms with Crippen LogP contribution in [-0.2, 0) is 6.54 Å². The Morgan fingerprint density at radius 2 is 2.21 bits per heavy atom. The Kier molecular flexibility index (Phi) is 5.50. The van der Waals surface area contributed by atoms with E-state index in [1.165, 1.54) is 11.3 Å². The molecule has 3 heterocycles. The van der Waals surface area contributed by atoms with E-state index in [-0.39, 0.29) is 5.91 Å². The number of likely N-dealkylation sites (tertiary alicyclic amines) is 1. The highest BCUT2D eigenvalue weighted by atomic mass is 32.1. The Hall–Kier alpha value is -1.89. The molecule has 1 aliphatic heterocycles. The number of thiazole rings is 1. The van der Waals surface area contributed by atoms with Crippen molar-refractivity contribution in [1.29, 1.82) is 0 Å². The maximum absolute atomic E-state index is 12.7. The van der Waals surface area contributed by atoms with Gasteiger partial charge in [-0.05, 0) is 45.1 Å². The van der Waals surface area contributed by atoms with Crippen LogP contribution in [0.2, 0.25) is 0 Å². The molecule has 1 saturated heterocycles. The van der Waals surface area contributed by atoms with Crippen molar-refractivity contribution in [2.24, 2.45) is 5.92 Å². The lowest BCUT2D eigenvalue weighted by Crippen LogP contribution is -2.38. The zero-order valence-corrected chi connectivity index (χ0v) is 15.2. The van der Waals surface area contributed by atoms with Gasteiger partial charge in [0.15, 0.2) is 5.13 Å². The van der Waals surface area contributed by atoms with Gasteiger partial charge in [-0.1, -0.05) is 11.3 Å². The SMILES string of the molecule is CCNc1nc(C)c(C(=O)N2CCC(CCn3cccn3)CC2)s1. The van der Waals surface area contributed by atoms with Gasteiger partial charge < -0.3 is 10.2 Å². The summed E-state index contributed by atoms with van der Waals surface area (Å²) in [5, 5.41) is 8.28. The van der Waals surface area contributed by atoms with Crippen molar-refractivity contribution in [3.05, 3.63) is 29.0 Å². The molecule has 0 aliphatic carbocycles. The van der Waals surface area contributed by atoms with Crippen LogP contribution in [0.15, 0.2) is 18.5 Å². The van der Waals surface area contributed by atoms with Gasteiger partial charge in [-0.15, -0.1) is 0 Å². The van der Waals surface area contributed by atoms with Crippen LogP contribution >= 0.6 is 11.3 Å². The first-order valence-electron chi connectivity index (χ1n) is 8.65. The van der Waals surface area contributed by atoms with Crippen molar-refractivity contribution >= 4 is 22.4 Å². The largest absolute Gasteiger partial charge is 0.362 e. The summed E-state index contributed by atoms with van der Waals surface area (Å²) < 4.78 is 1.99. The fourth-order valence-corrected chi connectivity index (χ4v) is 4.14. The summed E-state index contributed by atoms with van der Waals surface area (Å²) in [6.45, 7) is 7.43. The summed E-state index contributed by atoms with van der Waals surface area (Å²) in [5.41, 5.74) is 0.835. The molecule has 1 aliphatic rings. The molecular formula is C17H25N5OS. The molecule has 0 unspecified atom stereocenters. The number of rotatable bonds is 6. The zero-order valence-electron chi connectivity index (χ0n) is 14.4. The van der Waals surface area contributed by atoms with Gasteiger partial charge in [-0.25, -0.2) is 4.98 Å². The molecule has 0 atom stereocenters. The van der Waals surface area contributed by atoms with E-state index < -0.39 is 0 Å². The van der Waals surface area contributed by atoms with Crippen molar-refractivity contribution in [3.63, 3.8) is 0 Å². The number of amides is 1. The molecule has 130 valence electrons. The van der Waals surface area contributed by atoms with E-state index in [0.717, 1.165) is 61.1 Å². The van der Waals surface area contributed by atoms with Gasteiger partial charge in [0.2, 0.25) is 0 Å². The maximum atomic E-state index is 12.7. The number of carbonyl (C=O) groups is 1. The second-order valence-corrected chi connectivity index (χ2v) is 7.26. The molecule has 0 saturated carbocycles. The normalized spacial score (nSPS) is 15.7. The predicted molar refractivity (Wildman–Crippen MR) is 96.5 cm³/mol. The van der Waals surface area contributed by atoms with E-state index in [9.17, 15) is 4.79 Å². The van der Waals surface area contributed by atoms with E-state index in [1.54, 1.807) is 0 Å². The number of hydrogen-bond donors (Lipinski definition) is 1. The molecule has 0 spiro atoms. The molecule has 6 nitrogen and oxygen atoms in total. The fraction of sp³-hybridized carbons (Fsp3) is 0.588. The molecule has 0 aromatic carbocycles. The first-order valence-corrected chi connectivity index (χ1v) is 9.47. The van der Waals surface area contributed by atoms with Crippen LogP contribution in [0.25, 0.3) is 0 Å². The number of nitrogens with one attached hydrogen (secondary N) is 1. The van der Waals surface area contributed by atoms with Crippen LogP contribution < -0.4 is 5.32 Å². The summed E-state index contributed by atoms with van der Waals surface area (Å²) in [7, 11) is 0. The molecule has 1 amide bonds. The number of nitrogens with zero attached hydrogens (tertiary/aromatic N) is 4. The van der Waals surface area contributed by atoms with E-state index in [2.05, 4.69) is 15.4 Å². The third kappa shape index (κ3) is 3.95. The summed E-state index contributed by atoms with van der Waals surface area (Å²) in [5.74, 6) is 0.817. The average Bonchev–Trinajstić information content (AvgIpc) is 3.23. The topological polar surface area (TPSA) is 63.1 Å². The molecule has 1 fully saturated rings. The van der Waals surface area contributed by atoms with Crippen LogP contribution in [0.1, 0.15) is 41.6 Å². The molecule has 1 N–H and O–H groups in total. The van der Waals surface area contributed by atoms with Gasteiger partial charge in [0.25, 0.3) is 5.91 Å². The number of piperidine rings is 1. The summed E-state index contributed by atoms with van der Waals surface area (Å²) in [6, 6.07) is 1.96. The van der Waals surface area contributed by atoms with Crippen molar-refractivity contribution < 1.29 is 4.79 Å². The number of anilines is 1. The summed E-state index contributed by atoms with van der Waals surface area (Å²) >= 11 is 1.47. The Morgan fingerprint density at radius 1 is 1.42 bits per heavy atom. The first kappa shape index (κ1) is 17.0. The lowest BCUT2D eigenvalue weighted by Gasteiger charge is -2.31. The average molecular weight is 347 g/mol. The first-order chi connectivity index (χ1) is 11.7. The van der Waals surface area contributed by atoms with Gasteiger partial charge in [0, 0.05) is 38.6 Å². The van der Waals surface area contributed by atoms with Gasteiger partial charge >= 0.3 is 0 Å². The minimum atomic E-state index is 0.139. The Labute approximate surface area is 146 Å². The molecule has 2 aromatic heterocycles. The molecule has 0 bridgehead atoms. The number of aryl methyl sites for hydroxylation is 2. The highest BCUT2D eigenvalue weighted by Gasteiger charge is 2.26. The van der Waals surface area contributed by atoms with Crippen molar-refractivity contribution in [2.45, 2.75) is 39.7 Å². The Morgan fingerprint density at radius 3 is 2.88 bits per heavy atom. The second kappa shape index (κ2) is 7.79. The van der Waals surface area contributed by atoms with Gasteiger partial charge in [-0.2, -0.15) is 5.10 Å². The standard InChI is InChI=1S/C17H25N5OS/c1-3-18-17-20-13(2)15(24-17)16(23)21-10-5-14(6-11-21)7-12-22-9-4-8-19-22/h4,8-9,14H,3,5-7,10-12H2,1-2H3,(H,18,20). The van der Waals surface area contributed by atoms with Gasteiger partial charge in [-0.3, -0.25) is 9.48 Å². The van der Waals surface area contributed by atoms with E-state index >= 15 is 0 Å². The van der Waals surface area contributed by atoms with Crippen LogP contribution in [-0.4, -0.2) is 45.2 Å². The molecule has 2 aromatic rings. The Balaban J connectivity index is 1.51. The highest BCUT2D eigenvalue weighted by Crippen LogP contribution is 2.27. The summed E-state index contributed by atoms with van der Waals surface area (Å²) in [4.78, 5) is 19.9. The third-order valence-corrected chi connectivity index (χ3v) is 5.65. The molecule has 7 heteroatoms. The summed E-state index contributed by atoms with van der Waals surface area (Å²) in [6.07, 6.45) is 7.11. The smallest absolute Gasteiger partial charge is 0.265 e. The number of hydrogen-bond acceptors (Lipinski definition) is 5. The second-order valence-electron chi connectivity index (χ2n) is 6.26. The number of aromatic nitrogens is 3. The minimum Gasteiger partial charge on any atom is -0.362 e. The Bertz CT molecular complexity index is 659. The molecule has 24 heavy (non-hydrogen) atoms. The van der Waals surface area contributed by atoms with Crippen LogP contribution in [0.5, 0.6) is 0 Å². The van der Waals surface area contributed by atoms with Crippen molar-refractivity contribution in [1.82, 2.24) is 19.7 Å². The quantitative estimate of drug-likeness (QED) is 0.872. The highest BCUT2D eigenvalue weighted by molar-refractivity contribution is 7.17. The molecule has 0 radical (unpaired) electrons. The monoisotopic (exact) mass is 347 g/mol. The van der Waals surface area contributed by atoms with Gasteiger partial charge in [0.1, 0.15) is 4.88 Å². The third-order valence-electron chi connectivity index (χ3n) is 4.55. The van der Waals surface area contributed by atoms with Gasteiger partial charge in [0.05, 0.1) is 5.69 Å². The predicted octanol–water partition coefficient (Wildman–Crippen LogP) is 3.02. The number of carbonyl (C=O) groups excluding carboxylic acids is 1. The fourth-order valence-electron chi connectivity index (χ4n) is 3.14. The van der Waals surface area contributed by atoms with E-state index in [4.69, 9.17) is 0 Å². The van der Waals surface area contributed by atoms with E-state index in [1.807, 2.05) is 41.9 Å². The molecular weight excluding hydrogens is 322 g/mol.